The number of hydrogen-bond donors (Lipinski definition) is 1. The highest BCUT2D eigenvalue weighted by atomic mass is 14.3. The van der Waals surface area contributed by atoms with E-state index in [1.165, 1.54) is 45.2 Å². The van der Waals surface area contributed by atoms with E-state index in [1.54, 1.807) is 6.08 Å². The second-order valence-electron chi connectivity index (χ2n) is 7.77. The van der Waals surface area contributed by atoms with Crippen LogP contribution in [0.25, 0.3) is 11.1 Å². The van der Waals surface area contributed by atoms with E-state index in [-0.39, 0.29) is 0 Å². The van der Waals surface area contributed by atoms with E-state index in [1.807, 2.05) is 6.08 Å². The summed E-state index contributed by atoms with van der Waals surface area (Å²) in [4.78, 5) is 0. The van der Waals surface area contributed by atoms with Crippen molar-refractivity contribution in [1.82, 2.24) is 0 Å². The number of allylic oxidation sites excluding steroid dienone is 6. The Kier molecular flexibility index (Phi) is 6.20. The van der Waals surface area contributed by atoms with Gasteiger partial charge in [-0.1, -0.05) is 103 Å². The lowest BCUT2D eigenvalue weighted by atomic mass is 9.72. The van der Waals surface area contributed by atoms with E-state index >= 15 is 0 Å². The SMILES string of the molecule is Cc1cccc(C2CC/C(=C\C=C/C=N)C(c3ccccc3)=C2c2ccccc2)c1. The molecule has 0 radical (unpaired) electrons. The van der Waals surface area contributed by atoms with Gasteiger partial charge in [-0.3, -0.25) is 0 Å². The van der Waals surface area contributed by atoms with Crippen molar-refractivity contribution in [2.24, 2.45) is 0 Å². The zero-order valence-electron chi connectivity index (χ0n) is 17.4. The Morgan fingerprint density at radius 2 is 1.50 bits per heavy atom. The predicted molar refractivity (Wildman–Crippen MR) is 129 cm³/mol. The summed E-state index contributed by atoms with van der Waals surface area (Å²) in [5, 5.41) is 7.32. The van der Waals surface area contributed by atoms with Crippen molar-refractivity contribution >= 4 is 17.4 Å². The van der Waals surface area contributed by atoms with Crippen LogP contribution < -0.4 is 0 Å². The normalized spacial score (nSPS) is 18.2. The quantitative estimate of drug-likeness (QED) is 0.434. The molecule has 148 valence electrons. The van der Waals surface area contributed by atoms with E-state index in [0.29, 0.717) is 5.92 Å². The minimum Gasteiger partial charge on any atom is -0.309 e. The average Bonchev–Trinajstić information content (AvgIpc) is 2.80. The lowest BCUT2D eigenvalue weighted by Gasteiger charge is -2.32. The van der Waals surface area contributed by atoms with Crippen molar-refractivity contribution in [1.29, 1.82) is 5.41 Å². The molecule has 0 aromatic heterocycles. The van der Waals surface area contributed by atoms with Crippen molar-refractivity contribution in [2.45, 2.75) is 25.7 Å². The Balaban J connectivity index is 2.00. The van der Waals surface area contributed by atoms with Gasteiger partial charge in [0.05, 0.1) is 0 Å². The Hall–Kier alpha value is -3.45. The molecule has 1 aliphatic carbocycles. The van der Waals surface area contributed by atoms with Gasteiger partial charge in [-0.15, -0.1) is 0 Å². The van der Waals surface area contributed by atoms with Crippen LogP contribution in [0.4, 0.5) is 0 Å². The molecule has 1 atom stereocenters. The van der Waals surface area contributed by atoms with Crippen molar-refractivity contribution in [3.63, 3.8) is 0 Å². The molecule has 0 saturated heterocycles. The number of nitrogens with one attached hydrogen (secondary N) is 1. The molecule has 1 heteroatoms. The van der Waals surface area contributed by atoms with Crippen LogP contribution in [-0.4, -0.2) is 6.21 Å². The fourth-order valence-electron chi connectivity index (χ4n) is 4.44. The fourth-order valence-corrected chi connectivity index (χ4v) is 4.44. The summed E-state index contributed by atoms with van der Waals surface area (Å²) in [6, 6.07) is 30.5. The topological polar surface area (TPSA) is 23.9 Å². The summed E-state index contributed by atoms with van der Waals surface area (Å²) < 4.78 is 0. The van der Waals surface area contributed by atoms with Crippen LogP contribution in [-0.2, 0) is 0 Å². The van der Waals surface area contributed by atoms with Gasteiger partial charge < -0.3 is 5.41 Å². The molecule has 0 fully saturated rings. The zero-order valence-corrected chi connectivity index (χ0v) is 17.4. The third-order valence-electron chi connectivity index (χ3n) is 5.74. The van der Waals surface area contributed by atoms with Crippen molar-refractivity contribution in [2.75, 3.05) is 0 Å². The Morgan fingerprint density at radius 3 is 2.17 bits per heavy atom. The van der Waals surface area contributed by atoms with Crippen molar-refractivity contribution in [3.8, 4) is 0 Å². The van der Waals surface area contributed by atoms with Gasteiger partial charge in [0.15, 0.2) is 0 Å². The molecule has 0 aliphatic heterocycles. The van der Waals surface area contributed by atoms with Crippen LogP contribution in [0.2, 0.25) is 0 Å². The van der Waals surface area contributed by atoms with Gasteiger partial charge in [-0.25, -0.2) is 0 Å². The van der Waals surface area contributed by atoms with Gasteiger partial charge in [0.1, 0.15) is 0 Å². The molecule has 3 aromatic carbocycles. The van der Waals surface area contributed by atoms with E-state index in [2.05, 4.69) is 97.9 Å². The van der Waals surface area contributed by atoms with Crippen molar-refractivity contribution in [3.05, 3.63) is 131 Å². The molecule has 1 N–H and O–H groups in total. The second kappa shape index (κ2) is 9.37. The van der Waals surface area contributed by atoms with E-state index < -0.39 is 0 Å². The summed E-state index contributed by atoms with van der Waals surface area (Å²) in [6.07, 6.45) is 9.38. The molecule has 0 saturated carbocycles. The molecule has 0 bridgehead atoms. The summed E-state index contributed by atoms with van der Waals surface area (Å²) in [5.41, 5.74) is 9.28. The molecule has 1 unspecified atom stereocenters. The summed E-state index contributed by atoms with van der Waals surface area (Å²) in [6.45, 7) is 2.17. The van der Waals surface area contributed by atoms with Gasteiger partial charge in [-0.05, 0) is 59.3 Å². The monoisotopic (exact) mass is 389 g/mol. The number of aryl methyl sites for hydroxylation is 1. The first-order chi connectivity index (χ1) is 14.8. The molecule has 0 heterocycles. The highest BCUT2D eigenvalue weighted by molar-refractivity contribution is 6.01. The predicted octanol–water partition coefficient (Wildman–Crippen LogP) is 7.62. The summed E-state index contributed by atoms with van der Waals surface area (Å²) >= 11 is 0. The number of rotatable bonds is 5. The van der Waals surface area contributed by atoms with Crippen LogP contribution in [0.1, 0.15) is 41.0 Å². The van der Waals surface area contributed by atoms with Gasteiger partial charge in [0.25, 0.3) is 0 Å². The molecule has 0 amide bonds. The van der Waals surface area contributed by atoms with Gasteiger partial charge in [-0.2, -0.15) is 0 Å². The molecule has 4 rings (SSSR count). The Labute approximate surface area is 179 Å². The Bertz CT molecular complexity index is 1100. The molecular weight excluding hydrogens is 362 g/mol. The summed E-state index contributed by atoms with van der Waals surface area (Å²) in [7, 11) is 0. The lowest BCUT2D eigenvalue weighted by molar-refractivity contribution is 0.737. The molecule has 3 aromatic rings. The molecule has 0 spiro atoms. The maximum absolute atomic E-state index is 7.32. The molecule has 1 nitrogen and oxygen atoms in total. The summed E-state index contributed by atoms with van der Waals surface area (Å²) in [5.74, 6) is 0.353. The highest BCUT2D eigenvalue weighted by Crippen LogP contribution is 2.49. The highest BCUT2D eigenvalue weighted by Gasteiger charge is 2.29. The van der Waals surface area contributed by atoms with E-state index in [0.717, 1.165) is 12.8 Å². The number of hydrogen-bond acceptors (Lipinski definition) is 1. The third-order valence-corrected chi connectivity index (χ3v) is 5.74. The van der Waals surface area contributed by atoms with Gasteiger partial charge >= 0.3 is 0 Å². The number of benzene rings is 3. The van der Waals surface area contributed by atoms with Crippen LogP contribution in [0.5, 0.6) is 0 Å². The standard InChI is InChI=1S/C29H27N/c1-22-11-10-17-26(21-22)27-19-18-25(16-8-9-20-30)28(23-12-4-2-5-13-23)29(27)24-14-6-3-7-15-24/h2-17,20-21,27,30H,18-19H2,1H3/b9-8-,25-16+,30-20?. The first kappa shape index (κ1) is 19.8. The average molecular weight is 390 g/mol. The second-order valence-corrected chi connectivity index (χ2v) is 7.77. The van der Waals surface area contributed by atoms with Crippen molar-refractivity contribution < 1.29 is 0 Å². The van der Waals surface area contributed by atoms with Gasteiger partial charge in [0, 0.05) is 12.1 Å². The minimum absolute atomic E-state index is 0.353. The molecule has 30 heavy (non-hydrogen) atoms. The van der Waals surface area contributed by atoms with E-state index in [4.69, 9.17) is 5.41 Å². The minimum atomic E-state index is 0.353. The smallest absolute Gasteiger partial charge is 0.0177 e. The zero-order chi connectivity index (χ0) is 20.8. The maximum Gasteiger partial charge on any atom is 0.0177 e. The van der Waals surface area contributed by atoms with Crippen LogP contribution in [0, 0.1) is 12.3 Å². The van der Waals surface area contributed by atoms with Gasteiger partial charge in [0.2, 0.25) is 0 Å². The van der Waals surface area contributed by atoms with E-state index in [9.17, 15) is 0 Å². The first-order valence-electron chi connectivity index (χ1n) is 10.6. The first-order valence-corrected chi connectivity index (χ1v) is 10.6. The van der Waals surface area contributed by atoms with Crippen LogP contribution in [0.3, 0.4) is 0 Å². The van der Waals surface area contributed by atoms with Crippen LogP contribution in [0.15, 0.2) is 109 Å². The Morgan fingerprint density at radius 1 is 0.800 bits per heavy atom. The van der Waals surface area contributed by atoms with Crippen LogP contribution >= 0.6 is 0 Å². The molecular formula is C29H27N. The molecule has 1 aliphatic rings. The fraction of sp³-hybridized carbons (Fsp3) is 0.138. The maximum atomic E-state index is 7.32. The largest absolute Gasteiger partial charge is 0.309 e. The third kappa shape index (κ3) is 4.26. The lowest BCUT2D eigenvalue weighted by Crippen LogP contribution is -2.12.